The quantitative estimate of drug-likeness (QED) is 0.753. The fraction of sp³-hybridized carbons (Fsp3) is 0.458. The van der Waals surface area contributed by atoms with E-state index in [4.69, 9.17) is 21.1 Å². The molecule has 1 aliphatic heterocycles. The minimum atomic E-state index is -0.783. The Hall–Kier alpha value is -2.24. The molecule has 4 rings (SSSR count). The van der Waals surface area contributed by atoms with Crippen LogP contribution in [0.3, 0.4) is 0 Å². The van der Waals surface area contributed by atoms with Gasteiger partial charge >= 0.3 is 0 Å². The van der Waals surface area contributed by atoms with E-state index in [1.54, 1.807) is 26.4 Å². The van der Waals surface area contributed by atoms with E-state index in [0.29, 0.717) is 35.1 Å². The van der Waals surface area contributed by atoms with E-state index in [-0.39, 0.29) is 17.9 Å². The first-order valence-electron chi connectivity index (χ1n) is 10.5. The fourth-order valence-electron chi connectivity index (χ4n) is 5.15. The first-order chi connectivity index (χ1) is 14.5. The van der Waals surface area contributed by atoms with E-state index in [2.05, 4.69) is 0 Å². The van der Waals surface area contributed by atoms with Gasteiger partial charge in [-0.05, 0) is 49.6 Å². The number of rotatable bonds is 4. The lowest BCUT2D eigenvalue weighted by Gasteiger charge is -2.52. The maximum Gasteiger partial charge on any atom is 0.255 e. The highest BCUT2D eigenvalue weighted by Crippen LogP contribution is 2.51. The van der Waals surface area contributed by atoms with Gasteiger partial charge in [-0.1, -0.05) is 36.6 Å². The molecule has 0 aromatic heterocycles. The van der Waals surface area contributed by atoms with Crippen LogP contribution in [0.25, 0.3) is 0 Å². The maximum absolute atomic E-state index is 13.6. The lowest BCUT2D eigenvalue weighted by atomic mass is 9.66. The minimum absolute atomic E-state index is 0.0764. The van der Waals surface area contributed by atoms with Gasteiger partial charge in [0.25, 0.3) is 5.91 Å². The molecule has 1 heterocycles. The van der Waals surface area contributed by atoms with Gasteiger partial charge in [-0.2, -0.15) is 0 Å². The molecule has 0 spiro atoms. The Morgan fingerprint density at radius 3 is 2.67 bits per heavy atom. The fourth-order valence-corrected chi connectivity index (χ4v) is 5.37. The van der Waals surface area contributed by atoms with Gasteiger partial charge < -0.3 is 19.5 Å². The molecular weight excluding hydrogens is 402 g/mol. The number of piperidine rings is 1. The number of nitrogens with zero attached hydrogens (tertiary/aromatic N) is 1. The van der Waals surface area contributed by atoms with Gasteiger partial charge in [0.15, 0.2) is 0 Å². The number of ether oxygens (including phenoxy) is 2. The Morgan fingerprint density at radius 2 is 1.93 bits per heavy atom. The largest absolute Gasteiger partial charge is 0.497 e. The number of halogens is 1. The number of amides is 1. The molecule has 1 N–H and O–H groups in total. The van der Waals surface area contributed by atoms with E-state index >= 15 is 0 Å². The number of likely N-dealkylation sites (tertiary alicyclic amines) is 1. The summed E-state index contributed by atoms with van der Waals surface area (Å²) < 4.78 is 11.1. The number of aliphatic hydroxyl groups is 1. The molecule has 30 heavy (non-hydrogen) atoms. The van der Waals surface area contributed by atoms with E-state index in [0.717, 1.165) is 31.2 Å². The summed E-state index contributed by atoms with van der Waals surface area (Å²) in [5, 5.41) is 11.9. The zero-order valence-electron chi connectivity index (χ0n) is 17.4. The minimum Gasteiger partial charge on any atom is -0.497 e. The number of carbonyl (C=O) groups excluding carboxylic acids is 1. The summed E-state index contributed by atoms with van der Waals surface area (Å²) in [7, 11) is 3.25. The number of carbonyl (C=O) groups is 1. The molecule has 0 unspecified atom stereocenters. The molecule has 0 bridgehead atoms. The van der Waals surface area contributed by atoms with Crippen LogP contribution in [0.5, 0.6) is 11.5 Å². The molecule has 2 fully saturated rings. The van der Waals surface area contributed by atoms with Crippen molar-refractivity contribution in [2.75, 3.05) is 20.8 Å². The third-order valence-electron chi connectivity index (χ3n) is 6.69. The van der Waals surface area contributed by atoms with Crippen molar-refractivity contribution < 1.29 is 19.4 Å². The Labute approximate surface area is 182 Å². The number of hydrogen-bond acceptors (Lipinski definition) is 4. The highest BCUT2D eigenvalue weighted by Gasteiger charge is 2.51. The van der Waals surface area contributed by atoms with Gasteiger partial charge in [0.2, 0.25) is 0 Å². The monoisotopic (exact) mass is 429 g/mol. The zero-order valence-corrected chi connectivity index (χ0v) is 18.2. The Morgan fingerprint density at radius 1 is 1.13 bits per heavy atom. The van der Waals surface area contributed by atoms with Crippen molar-refractivity contribution >= 4 is 17.5 Å². The van der Waals surface area contributed by atoms with Crippen LogP contribution in [0.4, 0.5) is 0 Å². The molecule has 1 aliphatic carbocycles. The van der Waals surface area contributed by atoms with Gasteiger partial charge in [-0.3, -0.25) is 4.79 Å². The van der Waals surface area contributed by atoms with Crippen molar-refractivity contribution in [3.63, 3.8) is 0 Å². The normalized spacial score (nSPS) is 26.1. The molecule has 2 aliphatic rings. The first kappa shape index (κ1) is 21.0. The van der Waals surface area contributed by atoms with Gasteiger partial charge in [-0.25, -0.2) is 0 Å². The van der Waals surface area contributed by atoms with Gasteiger partial charge in [0, 0.05) is 18.0 Å². The van der Waals surface area contributed by atoms with E-state index in [1.807, 2.05) is 35.2 Å². The van der Waals surface area contributed by atoms with Crippen molar-refractivity contribution in [3.8, 4) is 11.5 Å². The average Bonchev–Trinajstić information content (AvgIpc) is 2.77. The molecule has 1 saturated carbocycles. The summed E-state index contributed by atoms with van der Waals surface area (Å²) >= 11 is 6.36. The van der Waals surface area contributed by atoms with E-state index in [1.165, 1.54) is 0 Å². The summed E-state index contributed by atoms with van der Waals surface area (Å²) in [4.78, 5) is 15.5. The first-order valence-corrected chi connectivity index (χ1v) is 10.9. The predicted molar refractivity (Wildman–Crippen MR) is 116 cm³/mol. The summed E-state index contributed by atoms with van der Waals surface area (Å²) in [6, 6.07) is 12.4. The van der Waals surface area contributed by atoms with E-state index in [9.17, 15) is 9.90 Å². The SMILES string of the molecule is COc1ccc(OC)c([C@H]2[C@H]3CCCC[C@@]3(O)CCN2C(=O)c2ccccc2Cl)c1. The van der Waals surface area contributed by atoms with E-state index < -0.39 is 5.60 Å². The average molecular weight is 430 g/mol. The molecule has 0 radical (unpaired) electrons. The van der Waals surface area contributed by atoms with Crippen LogP contribution in [-0.2, 0) is 0 Å². The van der Waals surface area contributed by atoms with Crippen LogP contribution in [0.15, 0.2) is 42.5 Å². The molecular formula is C24H28ClNO4. The molecule has 2 aromatic rings. The van der Waals surface area contributed by atoms with Crippen LogP contribution < -0.4 is 9.47 Å². The number of hydrogen-bond donors (Lipinski definition) is 1. The molecule has 160 valence electrons. The van der Waals surface area contributed by atoms with Crippen LogP contribution in [0.1, 0.15) is 54.1 Å². The second kappa shape index (κ2) is 8.48. The Balaban J connectivity index is 1.84. The summed E-state index contributed by atoms with van der Waals surface area (Å²) in [6.45, 7) is 0.460. The number of methoxy groups -OCH3 is 2. The maximum atomic E-state index is 13.6. The smallest absolute Gasteiger partial charge is 0.255 e. The zero-order chi connectivity index (χ0) is 21.3. The Kier molecular flexibility index (Phi) is 5.94. The molecule has 1 saturated heterocycles. The standard InChI is InChI=1S/C24H28ClNO4/c1-29-16-10-11-21(30-2)18(15-16)22-19-8-5-6-12-24(19,28)13-14-26(22)23(27)17-7-3-4-9-20(17)25/h3-4,7,9-11,15,19,22,28H,5-6,8,12-14H2,1-2H3/t19-,22+,24-/m1/s1. The number of benzene rings is 2. The van der Waals surface area contributed by atoms with Crippen LogP contribution in [0, 0.1) is 5.92 Å². The molecule has 3 atom stereocenters. The number of fused-ring (bicyclic) bond motifs is 1. The van der Waals surface area contributed by atoms with Crippen LogP contribution in [0.2, 0.25) is 5.02 Å². The molecule has 2 aromatic carbocycles. The lowest BCUT2D eigenvalue weighted by Crippen LogP contribution is -2.56. The third kappa shape index (κ3) is 3.65. The Bertz CT molecular complexity index is 933. The second-order valence-electron chi connectivity index (χ2n) is 8.24. The van der Waals surface area contributed by atoms with Crippen LogP contribution in [-0.4, -0.2) is 42.3 Å². The second-order valence-corrected chi connectivity index (χ2v) is 8.64. The lowest BCUT2D eigenvalue weighted by molar-refractivity contribution is -0.115. The van der Waals surface area contributed by atoms with Crippen molar-refractivity contribution in [2.45, 2.75) is 43.7 Å². The highest BCUT2D eigenvalue weighted by molar-refractivity contribution is 6.33. The molecule has 1 amide bonds. The molecule has 6 heteroatoms. The van der Waals surface area contributed by atoms with Crippen molar-refractivity contribution in [2.24, 2.45) is 5.92 Å². The third-order valence-corrected chi connectivity index (χ3v) is 7.02. The van der Waals surface area contributed by atoms with Gasteiger partial charge in [0.05, 0.1) is 36.4 Å². The topological polar surface area (TPSA) is 59.0 Å². The summed E-state index contributed by atoms with van der Waals surface area (Å²) in [5.74, 6) is 1.18. The van der Waals surface area contributed by atoms with Crippen molar-refractivity contribution in [1.82, 2.24) is 4.90 Å². The highest BCUT2D eigenvalue weighted by atomic mass is 35.5. The summed E-state index contributed by atoms with van der Waals surface area (Å²) in [5.41, 5.74) is 0.559. The predicted octanol–water partition coefficient (Wildman–Crippen LogP) is 4.87. The molecule has 5 nitrogen and oxygen atoms in total. The van der Waals surface area contributed by atoms with Gasteiger partial charge in [0.1, 0.15) is 11.5 Å². The van der Waals surface area contributed by atoms with Crippen LogP contribution >= 0.6 is 11.6 Å². The van der Waals surface area contributed by atoms with Crippen molar-refractivity contribution in [3.05, 3.63) is 58.6 Å². The van der Waals surface area contributed by atoms with Gasteiger partial charge in [-0.15, -0.1) is 0 Å². The van der Waals surface area contributed by atoms with Crippen molar-refractivity contribution in [1.29, 1.82) is 0 Å². The summed E-state index contributed by atoms with van der Waals surface area (Å²) in [6.07, 6.45) is 4.22.